The van der Waals surface area contributed by atoms with Crippen LogP contribution in [0, 0.1) is 0 Å². The first-order valence-electron chi connectivity index (χ1n) is 7.97. The van der Waals surface area contributed by atoms with Gasteiger partial charge in [0.1, 0.15) is 17.2 Å². The van der Waals surface area contributed by atoms with Crippen LogP contribution in [-0.4, -0.2) is 40.8 Å². The van der Waals surface area contributed by atoms with Gasteiger partial charge in [0.15, 0.2) is 0 Å². The van der Waals surface area contributed by atoms with Crippen LogP contribution in [0.25, 0.3) is 6.08 Å². The molecular weight excluding hydrogens is 356 g/mol. The second-order valence-electron chi connectivity index (χ2n) is 5.75. The first-order chi connectivity index (χ1) is 12.2. The number of carbonyl (C=O) groups is 1. The van der Waals surface area contributed by atoms with Gasteiger partial charge in [-0.05, 0) is 18.2 Å². The summed E-state index contributed by atoms with van der Waals surface area (Å²) in [6.07, 6.45) is 1.83. The molecule has 1 aromatic heterocycles. The minimum absolute atomic E-state index is 0.429. The number of thiophene rings is 1. The second-order valence-corrected chi connectivity index (χ2v) is 8.54. The zero-order chi connectivity index (χ0) is 17.2. The maximum absolute atomic E-state index is 12.1. The molecule has 0 saturated carbocycles. The summed E-state index contributed by atoms with van der Waals surface area (Å²) in [5.41, 5.74) is 1.89. The van der Waals surface area contributed by atoms with Crippen molar-refractivity contribution in [1.82, 2.24) is 0 Å². The van der Waals surface area contributed by atoms with Crippen LogP contribution >= 0.6 is 11.3 Å². The quantitative estimate of drug-likeness (QED) is 0.472. The molecule has 25 heavy (non-hydrogen) atoms. The molecule has 128 valence electrons. The van der Waals surface area contributed by atoms with Gasteiger partial charge < -0.3 is 14.3 Å². The Hall–Kier alpha value is -2.09. The lowest BCUT2D eigenvalue weighted by Crippen LogP contribution is -2.39. The predicted octanol–water partition coefficient (Wildman–Crippen LogP) is 2.66. The van der Waals surface area contributed by atoms with Crippen LogP contribution in [0.5, 0.6) is 0 Å². The van der Waals surface area contributed by atoms with Crippen LogP contribution in [0.3, 0.4) is 0 Å². The Bertz CT molecular complexity index is 837. The molecule has 0 amide bonds. The largest absolute Gasteiger partial charge is 0.616 e. The molecule has 0 radical (unpaired) electrons. The Morgan fingerprint density at radius 2 is 1.92 bits per heavy atom. The first kappa shape index (κ1) is 16.4. The van der Waals surface area contributed by atoms with E-state index in [9.17, 15) is 9.35 Å². The maximum atomic E-state index is 12.1. The molecule has 0 spiro atoms. The van der Waals surface area contributed by atoms with Crippen LogP contribution in [-0.2, 0) is 20.8 Å². The van der Waals surface area contributed by atoms with Gasteiger partial charge in [0.05, 0.1) is 23.7 Å². The van der Waals surface area contributed by atoms with Gasteiger partial charge in [-0.1, -0.05) is 46.7 Å². The van der Waals surface area contributed by atoms with E-state index in [2.05, 4.69) is 10.1 Å². The number of anilines is 1. The molecule has 0 aliphatic carbocycles. The van der Waals surface area contributed by atoms with E-state index in [0.717, 1.165) is 28.5 Å². The van der Waals surface area contributed by atoms with Gasteiger partial charge in [-0.2, -0.15) is 0 Å². The molecule has 1 fully saturated rings. The summed E-state index contributed by atoms with van der Waals surface area (Å²) in [7, 11) is 0. The number of nitrogens with zero attached hydrogens (tertiary/aromatic N) is 2. The van der Waals surface area contributed by atoms with Crippen molar-refractivity contribution in [1.29, 1.82) is 0 Å². The molecule has 0 atom stereocenters. The van der Waals surface area contributed by atoms with E-state index < -0.39 is 17.1 Å². The summed E-state index contributed by atoms with van der Waals surface area (Å²) in [5.74, 6) is 0.999. The fraction of sp³-hybridized carbons (Fsp3) is 0.222. The number of oxime groups is 1. The minimum atomic E-state index is -0.688. The standard InChI is InChI=1S/C18H16N2O3S2/c21-18-15(17(19-23-18)13-4-2-1-3-5-13)12-14-6-7-16(24-14)20-8-10-25(22)11-9-20/h1-7,12H,8-11H2/b15-12+. The lowest BCUT2D eigenvalue weighted by molar-refractivity contribution is -0.136. The Kier molecular flexibility index (Phi) is 4.61. The van der Waals surface area contributed by atoms with Crippen molar-refractivity contribution in [3.63, 3.8) is 0 Å². The Labute approximate surface area is 152 Å². The summed E-state index contributed by atoms with van der Waals surface area (Å²) >= 11 is 0.926. The van der Waals surface area contributed by atoms with Gasteiger partial charge in [-0.25, -0.2) is 4.79 Å². The summed E-state index contributed by atoms with van der Waals surface area (Å²) in [6, 6.07) is 13.6. The number of hydrogen-bond acceptors (Lipinski definition) is 6. The highest BCUT2D eigenvalue weighted by Gasteiger charge is 2.27. The van der Waals surface area contributed by atoms with Crippen molar-refractivity contribution < 1.29 is 14.2 Å². The molecule has 0 unspecified atom stereocenters. The van der Waals surface area contributed by atoms with Crippen LogP contribution in [0.1, 0.15) is 10.4 Å². The third-order valence-corrected chi connectivity index (χ3v) is 6.50. The van der Waals surface area contributed by atoms with Gasteiger partial charge >= 0.3 is 5.97 Å². The molecule has 5 nitrogen and oxygen atoms in total. The van der Waals surface area contributed by atoms with Gasteiger partial charge in [0.2, 0.25) is 0 Å². The van der Waals surface area contributed by atoms with Crippen LogP contribution in [0.4, 0.5) is 5.00 Å². The topological polar surface area (TPSA) is 65.0 Å². The molecule has 2 aliphatic rings. The molecule has 0 bridgehead atoms. The number of carbonyl (C=O) groups excluding carboxylic acids is 1. The molecule has 4 rings (SSSR count). The fourth-order valence-corrected chi connectivity index (χ4v) is 4.86. The van der Waals surface area contributed by atoms with Gasteiger partial charge in [-0.15, -0.1) is 11.3 Å². The molecule has 7 heteroatoms. The average Bonchev–Trinajstić information content (AvgIpc) is 3.24. The third kappa shape index (κ3) is 3.49. The smallest absolute Gasteiger partial charge is 0.368 e. The zero-order valence-electron chi connectivity index (χ0n) is 13.4. The van der Waals surface area contributed by atoms with E-state index >= 15 is 0 Å². The van der Waals surface area contributed by atoms with E-state index in [4.69, 9.17) is 4.84 Å². The van der Waals surface area contributed by atoms with Crippen molar-refractivity contribution >= 4 is 45.3 Å². The lowest BCUT2D eigenvalue weighted by Gasteiger charge is -2.28. The van der Waals surface area contributed by atoms with Crippen molar-refractivity contribution in [2.75, 3.05) is 29.5 Å². The van der Waals surface area contributed by atoms with Crippen molar-refractivity contribution in [3.8, 4) is 0 Å². The van der Waals surface area contributed by atoms with Crippen LogP contribution in [0.2, 0.25) is 0 Å². The predicted molar refractivity (Wildman–Crippen MR) is 101 cm³/mol. The molecule has 2 aliphatic heterocycles. The van der Waals surface area contributed by atoms with E-state index in [-0.39, 0.29) is 0 Å². The summed E-state index contributed by atoms with van der Waals surface area (Å²) < 4.78 is 11.5. The SMILES string of the molecule is O=C1ON=C(c2ccccc2)/C1=C\c1ccc(N2CC[S+]([O-])CC2)s1. The normalized spacial score (nSPS) is 20.0. The van der Waals surface area contributed by atoms with E-state index in [1.54, 1.807) is 11.3 Å². The molecule has 2 aromatic rings. The van der Waals surface area contributed by atoms with E-state index in [1.807, 2.05) is 48.5 Å². The molecular formula is C18H16N2O3S2. The first-order valence-corrected chi connectivity index (χ1v) is 10.3. The number of rotatable bonds is 3. The Balaban J connectivity index is 1.58. The van der Waals surface area contributed by atoms with Crippen molar-refractivity contribution in [3.05, 3.63) is 58.5 Å². The van der Waals surface area contributed by atoms with Crippen molar-refractivity contribution in [2.45, 2.75) is 0 Å². The maximum Gasteiger partial charge on any atom is 0.368 e. The third-order valence-electron chi connectivity index (χ3n) is 4.13. The fourth-order valence-electron chi connectivity index (χ4n) is 2.80. The molecule has 1 aromatic carbocycles. The van der Waals surface area contributed by atoms with E-state index in [1.165, 1.54) is 0 Å². The van der Waals surface area contributed by atoms with Crippen LogP contribution in [0.15, 0.2) is 53.2 Å². The summed E-state index contributed by atoms with van der Waals surface area (Å²) in [6.45, 7) is 1.61. The Morgan fingerprint density at radius 1 is 1.16 bits per heavy atom. The summed E-state index contributed by atoms with van der Waals surface area (Å²) in [4.78, 5) is 20.2. The molecule has 3 heterocycles. The highest BCUT2D eigenvalue weighted by Crippen LogP contribution is 2.30. The van der Waals surface area contributed by atoms with Gasteiger partial charge in [0.25, 0.3) is 0 Å². The monoisotopic (exact) mass is 372 g/mol. The second kappa shape index (κ2) is 7.03. The number of benzene rings is 1. The van der Waals surface area contributed by atoms with Crippen molar-refractivity contribution in [2.24, 2.45) is 5.16 Å². The highest BCUT2D eigenvalue weighted by atomic mass is 32.2. The minimum Gasteiger partial charge on any atom is -0.616 e. The summed E-state index contributed by atoms with van der Waals surface area (Å²) in [5, 5.41) is 5.06. The molecule has 1 saturated heterocycles. The lowest BCUT2D eigenvalue weighted by atomic mass is 10.0. The average molecular weight is 372 g/mol. The van der Waals surface area contributed by atoms with Crippen LogP contribution < -0.4 is 4.90 Å². The number of hydrogen-bond donors (Lipinski definition) is 0. The molecule has 0 N–H and O–H groups in total. The van der Waals surface area contributed by atoms with Gasteiger partial charge in [0, 0.05) is 10.4 Å². The zero-order valence-corrected chi connectivity index (χ0v) is 15.0. The van der Waals surface area contributed by atoms with E-state index in [0.29, 0.717) is 22.8 Å². The highest BCUT2D eigenvalue weighted by molar-refractivity contribution is 7.91. The Morgan fingerprint density at radius 3 is 2.68 bits per heavy atom. The van der Waals surface area contributed by atoms with Gasteiger partial charge in [-0.3, -0.25) is 0 Å².